The van der Waals surface area contributed by atoms with Gasteiger partial charge in [-0.3, -0.25) is 4.98 Å². The third kappa shape index (κ3) is 4.82. The number of nitrogens with zero attached hydrogens (tertiary/aromatic N) is 5. The number of aliphatic hydroxyl groups is 2. The van der Waals surface area contributed by atoms with Gasteiger partial charge < -0.3 is 25.0 Å². The van der Waals surface area contributed by atoms with Gasteiger partial charge in [-0.2, -0.15) is 5.26 Å². The Hall–Kier alpha value is -2.97. The molecular weight excluding hydrogens is 532 g/mol. The van der Waals surface area contributed by atoms with Crippen LogP contribution in [0.25, 0.3) is 32.2 Å². The molecule has 5 heterocycles. The normalized spacial score (nSPS) is 21.6. The van der Waals surface area contributed by atoms with Crippen molar-refractivity contribution >= 4 is 44.1 Å². The first kappa shape index (κ1) is 26.3. The minimum atomic E-state index is -0.911. The third-order valence-electron chi connectivity index (χ3n) is 7.94. The second-order valence-electron chi connectivity index (χ2n) is 10.4. The Balaban J connectivity index is 1.41. The standard InChI is InChI=1S/C29H31ClN6O2S/c1-2-34-12-5-25(37)36(28(34)38)16-21-15-24-27(39-21)22(3-8-33-24)23-14-20(30)13-19-4-11-35(26(19)23)18-29(17-31)6-9-32-10-7-29/h3-5,8,11-15,25,28,32,37-38H,2,6-7,9-10,16,18H2,1H3. The van der Waals surface area contributed by atoms with Gasteiger partial charge in [-0.1, -0.05) is 11.6 Å². The van der Waals surface area contributed by atoms with Crippen LogP contribution in [0, 0.1) is 16.7 Å². The zero-order valence-corrected chi connectivity index (χ0v) is 23.3. The van der Waals surface area contributed by atoms with Crippen LogP contribution in [-0.2, 0) is 13.1 Å². The van der Waals surface area contributed by atoms with Crippen molar-refractivity contribution in [3.63, 3.8) is 0 Å². The second kappa shape index (κ2) is 10.5. The summed E-state index contributed by atoms with van der Waals surface area (Å²) in [7, 11) is 0. The molecule has 0 saturated carbocycles. The quantitative estimate of drug-likeness (QED) is 0.313. The third-order valence-corrected chi connectivity index (χ3v) is 9.30. The molecule has 0 amide bonds. The summed E-state index contributed by atoms with van der Waals surface area (Å²) in [4.78, 5) is 9.05. The lowest BCUT2D eigenvalue weighted by atomic mass is 9.80. The summed E-state index contributed by atoms with van der Waals surface area (Å²) < 4.78 is 3.23. The van der Waals surface area contributed by atoms with E-state index in [1.54, 1.807) is 33.4 Å². The number of fused-ring (bicyclic) bond motifs is 2. The van der Waals surface area contributed by atoms with Crippen LogP contribution in [0.15, 0.2) is 55.0 Å². The fourth-order valence-corrected chi connectivity index (χ4v) is 7.17. The van der Waals surface area contributed by atoms with Crippen LogP contribution >= 0.6 is 22.9 Å². The Labute approximate surface area is 236 Å². The van der Waals surface area contributed by atoms with Crippen molar-refractivity contribution in [3.8, 4) is 17.2 Å². The topological polar surface area (TPSA) is 101 Å². The lowest BCUT2D eigenvalue weighted by Crippen LogP contribution is -2.52. The van der Waals surface area contributed by atoms with Gasteiger partial charge in [0.15, 0.2) is 6.35 Å². The molecule has 0 bridgehead atoms. The van der Waals surface area contributed by atoms with Crippen LogP contribution < -0.4 is 5.32 Å². The molecule has 1 aromatic carbocycles. The van der Waals surface area contributed by atoms with Crippen molar-refractivity contribution in [3.05, 3.63) is 64.9 Å². The largest absolute Gasteiger partial charge is 0.374 e. The molecule has 2 unspecified atom stereocenters. The maximum Gasteiger partial charge on any atom is 0.188 e. The van der Waals surface area contributed by atoms with Crippen molar-refractivity contribution < 1.29 is 10.2 Å². The average molecular weight is 563 g/mol. The number of benzene rings is 1. The number of pyridine rings is 1. The molecule has 2 aliphatic rings. The highest BCUT2D eigenvalue weighted by Crippen LogP contribution is 2.41. The van der Waals surface area contributed by atoms with Crippen molar-refractivity contribution in [1.82, 2.24) is 24.7 Å². The number of nitrogens with one attached hydrogen (secondary N) is 1. The maximum absolute atomic E-state index is 10.8. The van der Waals surface area contributed by atoms with Gasteiger partial charge in [0, 0.05) is 64.6 Å². The van der Waals surface area contributed by atoms with Gasteiger partial charge >= 0.3 is 0 Å². The van der Waals surface area contributed by atoms with Gasteiger partial charge in [0.25, 0.3) is 0 Å². The van der Waals surface area contributed by atoms with E-state index in [0.29, 0.717) is 24.7 Å². The van der Waals surface area contributed by atoms with Gasteiger partial charge in [0.1, 0.15) is 6.23 Å². The predicted molar refractivity (Wildman–Crippen MR) is 155 cm³/mol. The molecule has 0 aliphatic carbocycles. The molecule has 0 spiro atoms. The van der Waals surface area contributed by atoms with Gasteiger partial charge in [0.05, 0.1) is 27.2 Å². The van der Waals surface area contributed by atoms with E-state index in [0.717, 1.165) is 63.1 Å². The van der Waals surface area contributed by atoms with Crippen molar-refractivity contribution in [2.24, 2.45) is 5.41 Å². The minimum Gasteiger partial charge on any atom is -0.374 e. The van der Waals surface area contributed by atoms with E-state index in [-0.39, 0.29) is 0 Å². The van der Waals surface area contributed by atoms with Crippen molar-refractivity contribution in [2.45, 2.75) is 45.4 Å². The Morgan fingerprint density at radius 2 is 2.03 bits per heavy atom. The number of nitriles is 1. The van der Waals surface area contributed by atoms with Gasteiger partial charge in [0.2, 0.25) is 0 Å². The van der Waals surface area contributed by atoms with E-state index >= 15 is 0 Å². The number of piperidine rings is 1. The second-order valence-corrected chi connectivity index (χ2v) is 11.9. The average Bonchev–Trinajstić information content (AvgIpc) is 3.54. The molecule has 39 heavy (non-hydrogen) atoms. The number of aliphatic hydroxyl groups excluding tert-OH is 2. The van der Waals surface area contributed by atoms with Crippen molar-refractivity contribution in [1.29, 1.82) is 5.26 Å². The first-order chi connectivity index (χ1) is 18.9. The fourth-order valence-electron chi connectivity index (χ4n) is 5.79. The zero-order chi connectivity index (χ0) is 27.1. The van der Waals surface area contributed by atoms with Crippen LogP contribution in [0.5, 0.6) is 0 Å². The highest BCUT2D eigenvalue weighted by atomic mass is 35.5. The van der Waals surface area contributed by atoms with E-state index in [2.05, 4.69) is 33.2 Å². The lowest BCUT2D eigenvalue weighted by molar-refractivity contribution is -0.158. The minimum absolute atomic E-state index is 0.379. The Kier molecular flexibility index (Phi) is 7.10. The first-order valence-electron chi connectivity index (χ1n) is 13.3. The highest BCUT2D eigenvalue weighted by molar-refractivity contribution is 7.19. The summed E-state index contributed by atoms with van der Waals surface area (Å²) in [5.74, 6) is 0. The molecule has 4 aromatic rings. The van der Waals surface area contributed by atoms with E-state index < -0.39 is 18.0 Å². The Morgan fingerprint density at radius 3 is 2.79 bits per heavy atom. The van der Waals surface area contributed by atoms with E-state index in [1.807, 2.05) is 37.4 Å². The molecule has 6 rings (SSSR count). The Bertz CT molecular complexity index is 1580. The highest BCUT2D eigenvalue weighted by Gasteiger charge is 2.33. The number of hydrogen-bond acceptors (Lipinski definition) is 8. The molecular formula is C29H31ClN6O2S. The van der Waals surface area contributed by atoms with Gasteiger partial charge in [-0.25, -0.2) is 4.90 Å². The maximum atomic E-state index is 10.8. The summed E-state index contributed by atoms with van der Waals surface area (Å²) in [6.45, 7) is 5.29. The fraction of sp³-hybridized carbons (Fsp3) is 0.379. The number of halogens is 1. The number of aromatic nitrogens is 2. The van der Waals surface area contributed by atoms with E-state index in [4.69, 9.17) is 11.6 Å². The molecule has 202 valence electrons. The van der Waals surface area contributed by atoms with Crippen LogP contribution in [-0.4, -0.2) is 61.8 Å². The molecule has 3 aromatic heterocycles. The number of rotatable bonds is 6. The van der Waals surface area contributed by atoms with Gasteiger partial charge in [-0.15, -0.1) is 11.3 Å². The summed E-state index contributed by atoms with van der Waals surface area (Å²) in [5.41, 5.74) is 3.53. The molecule has 3 N–H and O–H groups in total. The number of hydrogen-bond donors (Lipinski definition) is 3. The first-order valence-corrected chi connectivity index (χ1v) is 14.4. The molecule has 2 atom stereocenters. The smallest absolute Gasteiger partial charge is 0.188 e. The zero-order valence-electron chi connectivity index (χ0n) is 21.7. The predicted octanol–water partition coefficient (Wildman–Crippen LogP) is 4.71. The lowest BCUT2D eigenvalue weighted by Gasteiger charge is -2.40. The van der Waals surface area contributed by atoms with Crippen molar-refractivity contribution in [2.75, 3.05) is 19.6 Å². The van der Waals surface area contributed by atoms with Crippen LogP contribution in [0.4, 0.5) is 0 Å². The summed E-state index contributed by atoms with van der Waals surface area (Å²) in [6, 6.07) is 12.7. The van der Waals surface area contributed by atoms with Crippen LogP contribution in [0.1, 0.15) is 24.6 Å². The molecule has 10 heteroatoms. The summed E-state index contributed by atoms with van der Waals surface area (Å²) >= 11 is 8.22. The number of thiophene rings is 1. The van der Waals surface area contributed by atoms with Crippen LogP contribution in [0.3, 0.4) is 0 Å². The molecule has 0 radical (unpaired) electrons. The molecule has 1 fully saturated rings. The summed E-state index contributed by atoms with van der Waals surface area (Å²) in [6.07, 6.45) is 7.14. The van der Waals surface area contributed by atoms with E-state index in [1.165, 1.54) is 0 Å². The van der Waals surface area contributed by atoms with Gasteiger partial charge in [-0.05, 0) is 69.3 Å². The SMILES string of the molecule is CCN1C=CC(O)N(Cc2cc3nccc(-c4cc(Cl)cc5ccn(CC6(C#N)CCNCC6)c45)c3s2)C1O. The van der Waals surface area contributed by atoms with Crippen LogP contribution in [0.2, 0.25) is 5.02 Å². The van der Waals surface area contributed by atoms with E-state index in [9.17, 15) is 15.5 Å². The molecule has 1 saturated heterocycles. The summed E-state index contributed by atoms with van der Waals surface area (Å²) in [5, 5.41) is 36.5. The molecule has 2 aliphatic heterocycles. The monoisotopic (exact) mass is 562 g/mol. The Morgan fingerprint density at radius 1 is 1.21 bits per heavy atom. The molecule has 8 nitrogen and oxygen atoms in total.